The standard InChI is InChI=1S/C15H16N2O4S2/c1-3-20-11-6-9(4-5-10(11)21-8-13(16)18)7-12-14(19)17(2)15(22)23-12/h4-7H,3,8H2,1-2H3,(H2,16,18)/b12-7+. The van der Waals surface area contributed by atoms with Crippen LogP contribution in [0.15, 0.2) is 23.1 Å². The van der Waals surface area contributed by atoms with Crippen molar-refractivity contribution in [2.75, 3.05) is 20.3 Å². The highest BCUT2D eigenvalue weighted by molar-refractivity contribution is 8.26. The van der Waals surface area contributed by atoms with E-state index in [1.165, 1.54) is 16.7 Å². The topological polar surface area (TPSA) is 81.9 Å². The fraction of sp³-hybridized carbons (Fsp3) is 0.267. The van der Waals surface area contributed by atoms with Crippen LogP contribution in [0.25, 0.3) is 6.08 Å². The Labute approximate surface area is 143 Å². The Morgan fingerprint density at radius 3 is 2.70 bits per heavy atom. The number of likely N-dealkylation sites (N-methyl/N-ethyl adjacent to an activating group) is 1. The third-order valence-corrected chi connectivity index (χ3v) is 4.41. The number of primary amides is 1. The molecule has 1 aliphatic rings. The predicted molar refractivity (Wildman–Crippen MR) is 93.2 cm³/mol. The number of nitrogens with zero attached hydrogens (tertiary/aromatic N) is 1. The van der Waals surface area contributed by atoms with Crippen molar-refractivity contribution in [3.63, 3.8) is 0 Å². The van der Waals surface area contributed by atoms with Gasteiger partial charge in [0.05, 0.1) is 11.5 Å². The molecule has 1 heterocycles. The van der Waals surface area contributed by atoms with Crippen LogP contribution in [-0.2, 0) is 9.59 Å². The summed E-state index contributed by atoms with van der Waals surface area (Å²) in [5.74, 6) is 0.204. The molecule has 0 saturated carbocycles. The molecular formula is C15H16N2O4S2. The van der Waals surface area contributed by atoms with E-state index in [2.05, 4.69) is 0 Å². The predicted octanol–water partition coefficient (Wildman–Crippen LogP) is 1.78. The van der Waals surface area contributed by atoms with Crippen molar-refractivity contribution in [2.24, 2.45) is 5.73 Å². The van der Waals surface area contributed by atoms with Crippen molar-refractivity contribution in [3.05, 3.63) is 28.7 Å². The first-order chi connectivity index (χ1) is 10.9. The summed E-state index contributed by atoms with van der Waals surface area (Å²) >= 11 is 6.35. The second-order valence-electron chi connectivity index (χ2n) is 4.63. The largest absolute Gasteiger partial charge is 0.490 e. The smallest absolute Gasteiger partial charge is 0.265 e. The summed E-state index contributed by atoms with van der Waals surface area (Å²) in [4.78, 5) is 24.8. The molecule has 1 aromatic carbocycles. The zero-order chi connectivity index (χ0) is 17.0. The Morgan fingerprint density at radius 2 is 2.13 bits per heavy atom. The summed E-state index contributed by atoms with van der Waals surface area (Å²) in [6.07, 6.45) is 1.74. The van der Waals surface area contributed by atoms with Gasteiger partial charge in [-0.25, -0.2) is 0 Å². The van der Waals surface area contributed by atoms with Crippen LogP contribution in [0.4, 0.5) is 0 Å². The zero-order valence-corrected chi connectivity index (χ0v) is 14.3. The lowest BCUT2D eigenvalue weighted by atomic mass is 10.2. The average Bonchev–Trinajstić information content (AvgIpc) is 2.74. The van der Waals surface area contributed by atoms with Crippen LogP contribution in [-0.4, -0.2) is 41.3 Å². The molecule has 1 aliphatic heterocycles. The van der Waals surface area contributed by atoms with Crippen molar-refractivity contribution in [2.45, 2.75) is 6.92 Å². The number of amides is 2. The van der Waals surface area contributed by atoms with Crippen LogP contribution in [0.2, 0.25) is 0 Å². The van der Waals surface area contributed by atoms with E-state index in [-0.39, 0.29) is 12.5 Å². The van der Waals surface area contributed by atoms with Crippen LogP contribution >= 0.6 is 24.0 Å². The highest BCUT2D eigenvalue weighted by Crippen LogP contribution is 2.34. The van der Waals surface area contributed by atoms with Gasteiger partial charge < -0.3 is 15.2 Å². The van der Waals surface area contributed by atoms with Crippen molar-refractivity contribution in [3.8, 4) is 11.5 Å². The first-order valence-electron chi connectivity index (χ1n) is 6.82. The quantitative estimate of drug-likeness (QED) is 0.621. The van der Waals surface area contributed by atoms with E-state index in [0.29, 0.717) is 27.3 Å². The lowest BCUT2D eigenvalue weighted by Crippen LogP contribution is -2.22. The monoisotopic (exact) mass is 352 g/mol. The number of ether oxygens (including phenoxy) is 2. The number of nitrogens with two attached hydrogens (primary N) is 1. The molecule has 2 N–H and O–H groups in total. The number of hydrogen-bond acceptors (Lipinski definition) is 6. The van der Waals surface area contributed by atoms with E-state index in [1.54, 1.807) is 31.3 Å². The Morgan fingerprint density at radius 1 is 1.39 bits per heavy atom. The third kappa shape index (κ3) is 4.23. The van der Waals surface area contributed by atoms with Gasteiger partial charge in [0.1, 0.15) is 4.32 Å². The number of thiocarbonyl (C=S) groups is 1. The Bertz CT molecular complexity index is 688. The molecule has 2 amide bonds. The Kier molecular flexibility index (Phi) is 5.62. The molecule has 6 nitrogen and oxygen atoms in total. The van der Waals surface area contributed by atoms with Gasteiger partial charge in [-0.2, -0.15) is 0 Å². The molecule has 0 atom stereocenters. The molecule has 0 unspecified atom stereocenters. The van der Waals surface area contributed by atoms with Gasteiger partial charge in [0.2, 0.25) is 0 Å². The maximum atomic E-state index is 12.0. The first kappa shape index (κ1) is 17.3. The molecule has 2 rings (SSSR count). The molecule has 1 fully saturated rings. The zero-order valence-electron chi connectivity index (χ0n) is 12.7. The molecule has 1 aromatic rings. The molecule has 23 heavy (non-hydrogen) atoms. The normalized spacial score (nSPS) is 16.1. The van der Waals surface area contributed by atoms with Gasteiger partial charge in [0.25, 0.3) is 11.8 Å². The highest BCUT2D eigenvalue weighted by atomic mass is 32.2. The van der Waals surface area contributed by atoms with Crippen LogP contribution in [0, 0.1) is 0 Å². The van der Waals surface area contributed by atoms with Crippen molar-refractivity contribution in [1.82, 2.24) is 4.90 Å². The lowest BCUT2D eigenvalue weighted by Gasteiger charge is -2.11. The van der Waals surface area contributed by atoms with Crippen molar-refractivity contribution >= 4 is 46.2 Å². The summed E-state index contributed by atoms with van der Waals surface area (Å²) in [5.41, 5.74) is 5.85. The van der Waals surface area contributed by atoms with Crippen LogP contribution < -0.4 is 15.2 Å². The van der Waals surface area contributed by atoms with E-state index < -0.39 is 5.91 Å². The number of thioether (sulfide) groups is 1. The van der Waals surface area contributed by atoms with Gasteiger partial charge in [-0.15, -0.1) is 0 Å². The van der Waals surface area contributed by atoms with Crippen molar-refractivity contribution in [1.29, 1.82) is 0 Å². The van der Waals surface area contributed by atoms with Crippen LogP contribution in [0.1, 0.15) is 12.5 Å². The van der Waals surface area contributed by atoms with Gasteiger partial charge in [0, 0.05) is 7.05 Å². The molecule has 1 saturated heterocycles. The maximum Gasteiger partial charge on any atom is 0.265 e. The number of rotatable bonds is 6. The highest BCUT2D eigenvalue weighted by Gasteiger charge is 2.28. The number of carbonyl (C=O) groups excluding carboxylic acids is 2. The minimum Gasteiger partial charge on any atom is -0.490 e. The minimum absolute atomic E-state index is 0.132. The van der Waals surface area contributed by atoms with Crippen LogP contribution in [0.5, 0.6) is 11.5 Å². The van der Waals surface area contributed by atoms with Crippen LogP contribution in [0.3, 0.4) is 0 Å². The number of carbonyl (C=O) groups is 2. The molecule has 0 aromatic heterocycles. The molecule has 8 heteroatoms. The van der Waals surface area contributed by atoms with Gasteiger partial charge in [-0.05, 0) is 30.7 Å². The summed E-state index contributed by atoms with van der Waals surface area (Å²) in [7, 11) is 1.64. The Balaban J connectivity index is 2.27. The maximum absolute atomic E-state index is 12.0. The summed E-state index contributed by atoms with van der Waals surface area (Å²) in [6, 6.07) is 5.18. The van der Waals surface area contributed by atoms with Gasteiger partial charge >= 0.3 is 0 Å². The fourth-order valence-electron chi connectivity index (χ4n) is 1.85. The van der Waals surface area contributed by atoms with E-state index in [0.717, 1.165) is 5.56 Å². The van der Waals surface area contributed by atoms with Crippen molar-refractivity contribution < 1.29 is 19.1 Å². The molecule has 0 bridgehead atoms. The van der Waals surface area contributed by atoms with Gasteiger partial charge in [-0.1, -0.05) is 30.0 Å². The SMILES string of the molecule is CCOc1cc(/C=C2/SC(=S)N(C)C2=O)ccc1OCC(N)=O. The van der Waals surface area contributed by atoms with E-state index in [9.17, 15) is 9.59 Å². The fourth-order valence-corrected chi connectivity index (χ4v) is 3.03. The molecule has 122 valence electrons. The lowest BCUT2D eigenvalue weighted by molar-refractivity contribution is -0.121. The van der Waals surface area contributed by atoms with E-state index >= 15 is 0 Å². The molecule has 0 radical (unpaired) electrons. The Hall–Kier alpha value is -2.06. The summed E-state index contributed by atoms with van der Waals surface area (Å²) in [5, 5.41) is 0. The third-order valence-electron chi connectivity index (χ3n) is 2.92. The number of hydrogen-bond donors (Lipinski definition) is 1. The minimum atomic E-state index is -0.567. The second kappa shape index (κ2) is 7.47. The summed E-state index contributed by atoms with van der Waals surface area (Å²) in [6.45, 7) is 2.05. The molecular weight excluding hydrogens is 336 g/mol. The van der Waals surface area contributed by atoms with Gasteiger partial charge in [-0.3, -0.25) is 14.5 Å². The number of benzene rings is 1. The molecule has 0 spiro atoms. The first-order valence-corrected chi connectivity index (χ1v) is 8.04. The molecule has 0 aliphatic carbocycles. The van der Waals surface area contributed by atoms with E-state index in [4.69, 9.17) is 27.4 Å². The second-order valence-corrected chi connectivity index (χ2v) is 6.31. The van der Waals surface area contributed by atoms with E-state index in [1.807, 2.05) is 6.92 Å². The van der Waals surface area contributed by atoms with Gasteiger partial charge in [0.15, 0.2) is 18.1 Å². The summed E-state index contributed by atoms with van der Waals surface area (Å²) < 4.78 is 11.3. The average molecular weight is 352 g/mol.